The number of hydrogen-bond donors (Lipinski definition) is 0. The van der Waals surface area contributed by atoms with E-state index >= 15 is 0 Å². The zero-order chi connectivity index (χ0) is 8.65. The van der Waals surface area contributed by atoms with Crippen molar-refractivity contribution in [2.24, 2.45) is 17.8 Å². The van der Waals surface area contributed by atoms with Crippen molar-refractivity contribution in [3.05, 3.63) is 0 Å². The van der Waals surface area contributed by atoms with Crippen LogP contribution in [0.3, 0.4) is 0 Å². The van der Waals surface area contributed by atoms with E-state index in [9.17, 15) is 13.2 Å². The maximum absolute atomic E-state index is 12.2. The van der Waals surface area contributed by atoms with E-state index in [0.29, 0.717) is 6.42 Å². The van der Waals surface area contributed by atoms with Crippen molar-refractivity contribution >= 4 is 0 Å². The van der Waals surface area contributed by atoms with Gasteiger partial charge in [0.25, 0.3) is 0 Å². The summed E-state index contributed by atoms with van der Waals surface area (Å²) in [6.45, 7) is 3.60. The highest BCUT2D eigenvalue weighted by Gasteiger charge is 2.47. The first kappa shape index (κ1) is 8.88. The van der Waals surface area contributed by atoms with Crippen LogP contribution in [0.4, 0.5) is 13.2 Å². The Morgan fingerprint density at radius 3 is 1.82 bits per heavy atom. The van der Waals surface area contributed by atoms with Crippen LogP contribution in [0.15, 0.2) is 0 Å². The molecule has 1 fully saturated rings. The molecular weight excluding hydrogens is 153 g/mol. The van der Waals surface area contributed by atoms with Gasteiger partial charge >= 0.3 is 6.18 Å². The minimum atomic E-state index is -3.97. The summed E-state index contributed by atoms with van der Waals surface area (Å²) in [5.74, 6) is -0.992. The maximum Gasteiger partial charge on any atom is 0.392 e. The molecule has 0 amide bonds. The van der Waals surface area contributed by atoms with Gasteiger partial charge in [-0.15, -0.1) is 0 Å². The summed E-state index contributed by atoms with van der Waals surface area (Å²) in [5, 5.41) is 0. The highest BCUT2D eigenvalue weighted by molar-refractivity contribution is 4.83. The second kappa shape index (κ2) is 2.68. The Bertz CT molecular complexity index is 139. The molecule has 11 heavy (non-hydrogen) atoms. The molecule has 0 N–H and O–H groups in total. The number of alkyl halides is 3. The first-order valence-corrected chi connectivity index (χ1v) is 3.99. The van der Waals surface area contributed by atoms with Crippen molar-refractivity contribution in [2.45, 2.75) is 32.9 Å². The SMILES string of the molecule is CC1CCC(C(F)(F)F)[C@H]1C. The van der Waals surface area contributed by atoms with Gasteiger partial charge in [0.05, 0.1) is 5.92 Å². The van der Waals surface area contributed by atoms with Crippen LogP contribution in [-0.4, -0.2) is 6.18 Å². The molecule has 1 rings (SSSR count). The van der Waals surface area contributed by atoms with Crippen LogP contribution in [0.5, 0.6) is 0 Å². The fourth-order valence-corrected chi connectivity index (χ4v) is 1.83. The minimum absolute atomic E-state index is 0.185. The Balaban J connectivity index is 2.62. The summed E-state index contributed by atoms with van der Waals surface area (Å²) in [4.78, 5) is 0. The van der Waals surface area contributed by atoms with Gasteiger partial charge in [0, 0.05) is 0 Å². The van der Waals surface area contributed by atoms with Crippen molar-refractivity contribution in [3.63, 3.8) is 0 Å². The van der Waals surface area contributed by atoms with E-state index in [1.165, 1.54) is 0 Å². The average Bonchev–Trinajstić information content (AvgIpc) is 2.11. The summed E-state index contributed by atoms with van der Waals surface area (Å²) in [6, 6.07) is 0. The monoisotopic (exact) mass is 166 g/mol. The number of halogens is 3. The lowest BCUT2D eigenvalue weighted by molar-refractivity contribution is -0.183. The van der Waals surface area contributed by atoms with Crippen molar-refractivity contribution < 1.29 is 13.2 Å². The second-order valence-electron chi connectivity index (χ2n) is 3.56. The standard InChI is InChI=1S/C8H13F3/c1-5-3-4-7(6(5)2)8(9,10)11/h5-7H,3-4H2,1-2H3/t5?,6-,7?/m0/s1. The molecule has 0 bridgehead atoms. The van der Waals surface area contributed by atoms with E-state index in [-0.39, 0.29) is 11.8 Å². The van der Waals surface area contributed by atoms with Gasteiger partial charge in [0.15, 0.2) is 0 Å². The quantitative estimate of drug-likeness (QED) is 0.518. The van der Waals surface area contributed by atoms with Crippen LogP contribution in [0, 0.1) is 17.8 Å². The van der Waals surface area contributed by atoms with E-state index < -0.39 is 12.1 Å². The fraction of sp³-hybridized carbons (Fsp3) is 1.00. The molecule has 1 aliphatic carbocycles. The fourth-order valence-electron chi connectivity index (χ4n) is 1.83. The zero-order valence-electron chi connectivity index (χ0n) is 6.78. The predicted molar refractivity (Wildman–Crippen MR) is 37.1 cm³/mol. The smallest absolute Gasteiger partial charge is 0.171 e. The normalized spacial score (nSPS) is 39.5. The average molecular weight is 166 g/mol. The lowest BCUT2D eigenvalue weighted by Gasteiger charge is -2.20. The highest BCUT2D eigenvalue weighted by atomic mass is 19.4. The van der Waals surface area contributed by atoms with Gasteiger partial charge in [-0.2, -0.15) is 13.2 Å². The van der Waals surface area contributed by atoms with Gasteiger partial charge in [-0.05, 0) is 24.7 Å². The molecule has 1 saturated carbocycles. The zero-order valence-corrected chi connectivity index (χ0v) is 6.78. The first-order valence-electron chi connectivity index (χ1n) is 3.99. The van der Waals surface area contributed by atoms with E-state index in [1.807, 2.05) is 6.92 Å². The van der Waals surface area contributed by atoms with E-state index in [0.717, 1.165) is 6.42 Å². The van der Waals surface area contributed by atoms with E-state index in [1.54, 1.807) is 6.92 Å². The Kier molecular flexibility index (Phi) is 2.17. The van der Waals surface area contributed by atoms with Gasteiger partial charge in [-0.25, -0.2) is 0 Å². The molecule has 3 atom stereocenters. The van der Waals surface area contributed by atoms with Gasteiger partial charge in [-0.3, -0.25) is 0 Å². The Labute approximate surface area is 64.8 Å². The third-order valence-corrected chi connectivity index (χ3v) is 2.89. The lowest BCUT2D eigenvalue weighted by Crippen LogP contribution is -2.26. The second-order valence-corrected chi connectivity index (χ2v) is 3.56. The molecule has 0 spiro atoms. The topological polar surface area (TPSA) is 0 Å². The molecule has 66 valence electrons. The van der Waals surface area contributed by atoms with Crippen LogP contribution in [0.1, 0.15) is 26.7 Å². The van der Waals surface area contributed by atoms with Crippen molar-refractivity contribution in [1.29, 1.82) is 0 Å². The third kappa shape index (κ3) is 1.68. The van der Waals surface area contributed by atoms with Crippen LogP contribution in [0.25, 0.3) is 0 Å². The summed E-state index contributed by atoms with van der Waals surface area (Å²) < 4.78 is 36.6. The summed E-state index contributed by atoms with van der Waals surface area (Å²) >= 11 is 0. The Morgan fingerprint density at radius 2 is 1.64 bits per heavy atom. The molecule has 0 aromatic heterocycles. The largest absolute Gasteiger partial charge is 0.392 e. The van der Waals surface area contributed by atoms with Crippen molar-refractivity contribution in [1.82, 2.24) is 0 Å². The van der Waals surface area contributed by atoms with Gasteiger partial charge < -0.3 is 0 Å². The molecule has 0 heterocycles. The Hall–Kier alpha value is -0.210. The first-order chi connectivity index (χ1) is 4.93. The molecule has 1 aliphatic rings. The molecule has 2 unspecified atom stereocenters. The summed E-state index contributed by atoms with van der Waals surface area (Å²) in [6.07, 6.45) is -2.92. The molecular formula is C8H13F3. The predicted octanol–water partition coefficient (Wildman–Crippen LogP) is 3.23. The molecule has 3 heteroatoms. The van der Waals surface area contributed by atoms with Crippen LogP contribution in [-0.2, 0) is 0 Å². The van der Waals surface area contributed by atoms with Gasteiger partial charge in [0.2, 0.25) is 0 Å². The number of rotatable bonds is 0. The minimum Gasteiger partial charge on any atom is -0.171 e. The Morgan fingerprint density at radius 1 is 1.09 bits per heavy atom. The highest BCUT2D eigenvalue weighted by Crippen LogP contribution is 2.45. The summed E-state index contributed by atoms with van der Waals surface area (Å²) in [7, 11) is 0. The third-order valence-electron chi connectivity index (χ3n) is 2.89. The lowest BCUT2D eigenvalue weighted by atomic mass is 9.92. The van der Waals surface area contributed by atoms with Crippen LogP contribution in [0.2, 0.25) is 0 Å². The van der Waals surface area contributed by atoms with Gasteiger partial charge in [0.1, 0.15) is 0 Å². The molecule has 0 nitrogen and oxygen atoms in total. The number of hydrogen-bond acceptors (Lipinski definition) is 0. The van der Waals surface area contributed by atoms with E-state index in [2.05, 4.69) is 0 Å². The molecule has 0 aromatic rings. The maximum atomic E-state index is 12.2. The van der Waals surface area contributed by atoms with Gasteiger partial charge in [-0.1, -0.05) is 13.8 Å². The van der Waals surface area contributed by atoms with E-state index in [4.69, 9.17) is 0 Å². The van der Waals surface area contributed by atoms with Crippen molar-refractivity contribution in [2.75, 3.05) is 0 Å². The molecule has 0 aromatic carbocycles. The van der Waals surface area contributed by atoms with Crippen LogP contribution >= 0.6 is 0 Å². The summed E-state index contributed by atoms with van der Waals surface area (Å²) in [5.41, 5.74) is 0. The molecule has 0 radical (unpaired) electrons. The van der Waals surface area contributed by atoms with Crippen LogP contribution < -0.4 is 0 Å². The van der Waals surface area contributed by atoms with Crippen molar-refractivity contribution in [3.8, 4) is 0 Å². The molecule has 0 saturated heterocycles. The molecule has 0 aliphatic heterocycles.